The van der Waals surface area contributed by atoms with Crippen molar-refractivity contribution in [1.29, 1.82) is 0 Å². The van der Waals surface area contributed by atoms with Crippen molar-refractivity contribution in [2.45, 2.75) is 52.1 Å². The number of hydrogen-bond acceptors (Lipinski definition) is 4. The summed E-state index contributed by atoms with van der Waals surface area (Å²) >= 11 is 0. The molecule has 0 bridgehead atoms. The average molecular weight is 274 g/mol. The fourth-order valence-electron chi connectivity index (χ4n) is 2.33. The van der Waals surface area contributed by atoms with Crippen LogP contribution in [0, 0.1) is 0 Å². The Morgan fingerprint density at radius 3 is 2.53 bits per heavy atom. The number of carboxylic acid groups (broad SMARTS) is 1. The van der Waals surface area contributed by atoms with Crippen LogP contribution >= 0.6 is 0 Å². The van der Waals surface area contributed by atoms with Gasteiger partial charge in [-0.25, -0.2) is 0 Å². The highest BCUT2D eigenvalue weighted by Crippen LogP contribution is 2.14. The molecule has 0 spiro atoms. The van der Waals surface area contributed by atoms with Crippen molar-refractivity contribution in [2.24, 2.45) is 0 Å². The highest BCUT2D eigenvalue weighted by atomic mass is 16.5. The Labute approximate surface area is 117 Å². The number of carboxylic acids is 1. The summed E-state index contributed by atoms with van der Waals surface area (Å²) in [6.07, 6.45) is 1.49. The highest BCUT2D eigenvalue weighted by Gasteiger charge is 2.31. The molecule has 0 aromatic rings. The topological polar surface area (TPSA) is 61.8 Å². The van der Waals surface area contributed by atoms with Crippen LogP contribution < -0.4 is 5.32 Å². The van der Waals surface area contributed by atoms with Crippen LogP contribution in [0.5, 0.6) is 0 Å². The zero-order valence-electron chi connectivity index (χ0n) is 13.0. The lowest BCUT2D eigenvalue weighted by Gasteiger charge is -2.30. The van der Waals surface area contributed by atoms with Crippen LogP contribution in [-0.4, -0.2) is 60.9 Å². The minimum Gasteiger partial charge on any atom is -0.480 e. The van der Waals surface area contributed by atoms with Gasteiger partial charge in [-0.1, -0.05) is 13.8 Å². The van der Waals surface area contributed by atoms with Crippen LogP contribution in [0.25, 0.3) is 0 Å². The van der Waals surface area contributed by atoms with Crippen LogP contribution in [0.15, 0.2) is 0 Å². The van der Waals surface area contributed by atoms with E-state index in [1.54, 1.807) is 14.0 Å². The van der Waals surface area contributed by atoms with Crippen molar-refractivity contribution in [3.8, 4) is 0 Å². The molecule has 5 nitrogen and oxygen atoms in total. The second-order valence-corrected chi connectivity index (χ2v) is 5.20. The monoisotopic (exact) mass is 274 g/mol. The van der Waals surface area contributed by atoms with Gasteiger partial charge in [0.1, 0.15) is 5.54 Å². The fourth-order valence-corrected chi connectivity index (χ4v) is 2.33. The fraction of sp³-hybridized carbons (Fsp3) is 0.929. The summed E-state index contributed by atoms with van der Waals surface area (Å²) in [5.74, 6) is -0.776. The van der Waals surface area contributed by atoms with Crippen LogP contribution in [-0.2, 0) is 9.53 Å². The number of rotatable bonds is 11. The Morgan fingerprint density at radius 1 is 1.47 bits per heavy atom. The van der Waals surface area contributed by atoms with Gasteiger partial charge in [-0.3, -0.25) is 9.69 Å². The molecule has 0 aliphatic rings. The Kier molecular flexibility index (Phi) is 8.97. The van der Waals surface area contributed by atoms with Crippen molar-refractivity contribution in [1.82, 2.24) is 10.2 Å². The molecule has 0 aliphatic carbocycles. The second-order valence-electron chi connectivity index (χ2n) is 5.20. The van der Waals surface area contributed by atoms with E-state index in [1.807, 2.05) is 6.92 Å². The molecule has 0 radical (unpaired) electrons. The van der Waals surface area contributed by atoms with E-state index in [-0.39, 0.29) is 0 Å². The quantitative estimate of drug-likeness (QED) is 0.599. The number of nitrogens with zero attached hydrogens (tertiary/aromatic N) is 1. The molecule has 5 heteroatoms. The van der Waals surface area contributed by atoms with E-state index >= 15 is 0 Å². The van der Waals surface area contributed by atoms with Crippen LogP contribution in [0.2, 0.25) is 0 Å². The first kappa shape index (κ1) is 18.4. The normalized spacial score (nSPS) is 16.3. The minimum atomic E-state index is -0.821. The van der Waals surface area contributed by atoms with E-state index in [1.165, 1.54) is 0 Å². The summed E-state index contributed by atoms with van der Waals surface area (Å²) in [6, 6.07) is 0.366. The van der Waals surface area contributed by atoms with Gasteiger partial charge in [0.05, 0.1) is 6.61 Å². The molecule has 0 fully saturated rings. The molecule has 2 N–H and O–H groups in total. The van der Waals surface area contributed by atoms with Crippen molar-refractivity contribution >= 4 is 5.97 Å². The van der Waals surface area contributed by atoms with Gasteiger partial charge in [-0.2, -0.15) is 0 Å². The highest BCUT2D eigenvalue weighted by molar-refractivity contribution is 5.78. The van der Waals surface area contributed by atoms with Gasteiger partial charge in [0, 0.05) is 13.2 Å². The summed E-state index contributed by atoms with van der Waals surface area (Å²) in [5, 5.41) is 12.3. The number of aliphatic carboxylic acids is 1. The number of hydrogen-bond donors (Lipinski definition) is 2. The molecular weight excluding hydrogens is 244 g/mol. The van der Waals surface area contributed by atoms with Gasteiger partial charge >= 0.3 is 5.97 Å². The predicted octanol–water partition coefficient (Wildman–Crippen LogP) is 1.58. The molecule has 0 rings (SSSR count). The zero-order chi connectivity index (χ0) is 14.9. The molecule has 0 saturated heterocycles. The van der Waals surface area contributed by atoms with E-state index in [2.05, 4.69) is 24.1 Å². The van der Waals surface area contributed by atoms with Gasteiger partial charge < -0.3 is 15.2 Å². The first-order valence-corrected chi connectivity index (χ1v) is 7.12. The maximum atomic E-state index is 11.3. The number of ether oxygens (including phenoxy) is 1. The molecule has 0 aromatic heterocycles. The number of carbonyl (C=O) groups is 1. The molecule has 0 amide bonds. The van der Waals surface area contributed by atoms with E-state index in [9.17, 15) is 9.90 Å². The first-order valence-electron chi connectivity index (χ1n) is 7.12. The van der Waals surface area contributed by atoms with Crippen molar-refractivity contribution < 1.29 is 14.6 Å². The minimum absolute atomic E-state index is 0.366. The lowest BCUT2D eigenvalue weighted by Crippen LogP contribution is -2.50. The molecule has 0 aromatic carbocycles. The lowest BCUT2D eigenvalue weighted by molar-refractivity contribution is -0.144. The van der Waals surface area contributed by atoms with E-state index < -0.39 is 11.5 Å². The summed E-state index contributed by atoms with van der Waals surface area (Å²) < 4.78 is 5.16. The van der Waals surface area contributed by atoms with Gasteiger partial charge in [0.15, 0.2) is 0 Å². The molecule has 2 atom stereocenters. The summed E-state index contributed by atoms with van der Waals surface area (Å²) in [4.78, 5) is 13.6. The number of nitrogens with one attached hydrogen (secondary N) is 1. The van der Waals surface area contributed by atoms with Crippen molar-refractivity contribution in [3.63, 3.8) is 0 Å². The SMILES string of the molecule is CCNC(C)(CCCN(CC)C(C)COC)C(=O)O. The van der Waals surface area contributed by atoms with E-state index in [0.29, 0.717) is 25.6 Å². The standard InChI is InChI=1S/C14H30N2O3/c1-6-15-14(4,13(17)18)9-8-10-16(7-2)12(3)11-19-5/h12,15H,6-11H2,1-5H3,(H,17,18). The third-order valence-corrected chi connectivity index (χ3v) is 3.60. The smallest absolute Gasteiger partial charge is 0.323 e. The molecule has 2 unspecified atom stereocenters. The predicted molar refractivity (Wildman–Crippen MR) is 77.5 cm³/mol. The second kappa shape index (κ2) is 9.28. The van der Waals surface area contributed by atoms with Crippen LogP contribution in [0.4, 0.5) is 0 Å². The van der Waals surface area contributed by atoms with Crippen molar-refractivity contribution in [2.75, 3.05) is 33.4 Å². The third-order valence-electron chi connectivity index (χ3n) is 3.60. The average Bonchev–Trinajstić information content (AvgIpc) is 2.35. The molecular formula is C14H30N2O3. The van der Waals surface area contributed by atoms with Gasteiger partial charge in [0.2, 0.25) is 0 Å². The van der Waals surface area contributed by atoms with Gasteiger partial charge in [-0.15, -0.1) is 0 Å². The van der Waals surface area contributed by atoms with Crippen LogP contribution in [0.1, 0.15) is 40.5 Å². The van der Waals surface area contributed by atoms with Crippen LogP contribution in [0.3, 0.4) is 0 Å². The van der Waals surface area contributed by atoms with Gasteiger partial charge in [-0.05, 0) is 46.3 Å². The summed E-state index contributed by atoms with van der Waals surface area (Å²) in [6.45, 7) is 11.2. The molecule has 0 aliphatic heterocycles. The first-order chi connectivity index (χ1) is 8.91. The Bertz CT molecular complexity index is 261. The van der Waals surface area contributed by atoms with E-state index in [4.69, 9.17) is 4.74 Å². The maximum Gasteiger partial charge on any atom is 0.323 e. The maximum absolute atomic E-state index is 11.3. The third kappa shape index (κ3) is 6.36. The zero-order valence-corrected chi connectivity index (χ0v) is 13.0. The van der Waals surface area contributed by atoms with Gasteiger partial charge in [0.25, 0.3) is 0 Å². The Balaban J connectivity index is 4.26. The van der Waals surface area contributed by atoms with E-state index in [0.717, 1.165) is 19.5 Å². The Morgan fingerprint density at radius 2 is 2.11 bits per heavy atom. The lowest BCUT2D eigenvalue weighted by atomic mass is 9.95. The molecule has 114 valence electrons. The summed E-state index contributed by atoms with van der Waals surface area (Å²) in [7, 11) is 1.71. The molecule has 0 heterocycles. The molecule has 19 heavy (non-hydrogen) atoms. The summed E-state index contributed by atoms with van der Waals surface area (Å²) in [5.41, 5.74) is -0.821. The largest absolute Gasteiger partial charge is 0.480 e. The number of methoxy groups -OCH3 is 1. The Hall–Kier alpha value is -0.650. The molecule has 0 saturated carbocycles. The van der Waals surface area contributed by atoms with Crippen molar-refractivity contribution in [3.05, 3.63) is 0 Å². The number of likely N-dealkylation sites (N-methyl/N-ethyl adjacent to an activating group) is 2.